The number of hydrogen-bond donors (Lipinski definition) is 0. The van der Waals surface area contributed by atoms with Crippen LogP contribution in [0.1, 0.15) is 38.2 Å². The van der Waals surface area contributed by atoms with Gasteiger partial charge in [-0.05, 0) is 55.5 Å². The van der Waals surface area contributed by atoms with Gasteiger partial charge in [0, 0.05) is 12.7 Å². The van der Waals surface area contributed by atoms with E-state index in [1.54, 1.807) is 7.11 Å². The summed E-state index contributed by atoms with van der Waals surface area (Å²) in [6.07, 6.45) is 0.941. The van der Waals surface area contributed by atoms with Crippen molar-refractivity contribution in [3.63, 3.8) is 0 Å². The number of carbonyl (C=O) groups is 1. The van der Waals surface area contributed by atoms with Gasteiger partial charge in [-0.2, -0.15) is 0 Å². The van der Waals surface area contributed by atoms with E-state index in [1.807, 2.05) is 13.8 Å². The molecule has 0 unspecified atom stereocenters. The molecule has 0 atom stereocenters. The number of aldehydes is 1. The van der Waals surface area contributed by atoms with Crippen LogP contribution in [0, 0.1) is 27.7 Å². The van der Waals surface area contributed by atoms with Crippen LogP contribution < -0.4 is 0 Å². The van der Waals surface area contributed by atoms with E-state index in [1.165, 1.54) is 11.1 Å². The van der Waals surface area contributed by atoms with Gasteiger partial charge in [-0.15, -0.1) is 0 Å². The van der Waals surface area contributed by atoms with E-state index in [0.29, 0.717) is 6.61 Å². The van der Waals surface area contributed by atoms with Crippen molar-refractivity contribution >= 4 is 6.29 Å². The van der Waals surface area contributed by atoms with Crippen LogP contribution in [0.5, 0.6) is 0 Å². The summed E-state index contributed by atoms with van der Waals surface area (Å²) in [5.41, 5.74) is 6.51. The van der Waals surface area contributed by atoms with E-state index < -0.39 is 0 Å². The van der Waals surface area contributed by atoms with Gasteiger partial charge in [-0.25, -0.2) is 0 Å². The Morgan fingerprint density at radius 3 is 2.07 bits per heavy atom. The Balaban J connectivity index is 3.52. The summed E-state index contributed by atoms with van der Waals surface area (Å²) in [5.74, 6) is 0. The van der Waals surface area contributed by atoms with Gasteiger partial charge in [0.15, 0.2) is 6.29 Å². The second kappa shape index (κ2) is 4.58. The zero-order valence-electron chi connectivity index (χ0n) is 10.1. The van der Waals surface area contributed by atoms with Gasteiger partial charge in [-0.3, -0.25) is 4.79 Å². The molecule has 1 rings (SSSR count). The quantitative estimate of drug-likeness (QED) is 0.711. The first kappa shape index (κ1) is 11.9. The second-order valence-electron chi connectivity index (χ2n) is 3.94. The van der Waals surface area contributed by atoms with E-state index >= 15 is 0 Å². The molecule has 0 bridgehead atoms. The van der Waals surface area contributed by atoms with Crippen LogP contribution >= 0.6 is 0 Å². The molecule has 0 radical (unpaired) electrons. The molecule has 0 heterocycles. The minimum Gasteiger partial charge on any atom is -0.380 e. The molecule has 0 amide bonds. The van der Waals surface area contributed by atoms with E-state index in [-0.39, 0.29) is 0 Å². The van der Waals surface area contributed by atoms with Crippen LogP contribution in [0.15, 0.2) is 0 Å². The molecule has 0 aliphatic rings. The van der Waals surface area contributed by atoms with Crippen LogP contribution in [0.2, 0.25) is 0 Å². The summed E-state index contributed by atoms with van der Waals surface area (Å²) in [4.78, 5) is 11.0. The monoisotopic (exact) mass is 206 g/mol. The Kier molecular flexibility index (Phi) is 3.64. The highest BCUT2D eigenvalue weighted by Crippen LogP contribution is 2.25. The highest BCUT2D eigenvalue weighted by atomic mass is 16.5. The van der Waals surface area contributed by atoms with Gasteiger partial charge >= 0.3 is 0 Å². The highest BCUT2D eigenvalue weighted by Gasteiger charge is 2.13. The molecule has 0 fully saturated rings. The first-order valence-electron chi connectivity index (χ1n) is 5.07. The zero-order valence-corrected chi connectivity index (χ0v) is 10.1. The standard InChI is InChI=1S/C13H18O2/c1-8-9(2)12(6-14)11(4)13(7-15-5)10(8)3/h6H,7H2,1-5H3. The minimum absolute atomic E-state index is 0.569. The van der Waals surface area contributed by atoms with Crippen molar-refractivity contribution in [2.45, 2.75) is 34.3 Å². The van der Waals surface area contributed by atoms with Crippen molar-refractivity contribution in [1.29, 1.82) is 0 Å². The molecule has 0 N–H and O–H groups in total. The van der Waals surface area contributed by atoms with Crippen molar-refractivity contribution < 1.29 is 9.53 Å². The fourth-order valence-electron chi connectivity index (χ4n) is 1.97. The van der Waals surface area contributed by atoms with Gasteiger partial charge in [-0.1, -0.05) is 0 Å². The Morgan fingerprint density at radius 2 is 1.60 bits per heavy atom. The Bertz CT molecular complexity index is 392. The molecule has 2 heteroatoms. The molecule has 2 nitrogen and oxygen atoms in total. The SMILES string of the molecule is COCc1c(C)c(C)c(C)c(C=O)c1C. The van der Waals surface area contributed by atoms with Crippen LogP contribution in [-0.2, 0) is 11.3 Å². The van der Waals surface area contributed by atoms with Gasteiger partial charge in [0.25, 0.3) is 0 Å². The molecule has 0 spiro atoms. The third kappa shape index (κ3) is 1.95. The highest BCUT2D eigenvalue weighted by molar-refractivity contribution is 5.81. The summed E-state index contributed by atoms with van der Waals surface area (Å²) in [6.45, 7) is 8.68. The van der Waals surface area contributed by atoms with Crippen molar-refractivity contribution in [3.05, 3.63) is 33.4 Å². The predicted molar refractivity (Wildman–Crippen MR) is 61.5 cm³/mol. The van der Waals surface area contributed by atoms with Crippen LogP contribution in [0.4, 0.5) is 0 Å². The molecule has 15 heavy (non-hydrogen) atoms. The lowest BCUT2D eigenvalue weighted by atomic mass is 9.90. The number of hydrogen-bond acceptors (Lipinski definition) is 2. The Labute approximate surface area is 91.3 Å². The largest absolute Gasteiger partial charge is 0.380 e. The third-order valence-electron chi connectivity index (χ3n) is 3.24. The summed E-state index contributed by atoms with van der Waals surface area (Å²) >= 11 is 0. The molecule has 82 valence electrons. The summed E-state index contributed by atoms with van der Waals surface area (Å²) in [7, 11) is 1.68. The molecule has 1 aromatic carbocycles. The molecular formula is C13H18O2. The van der Waals surface area contributed by atoms with Gasteiger partial charge in [0.2, 0.25) is 0 Å². The van der Waals surface area contributed by atoms with Crippen LogP contribution in [0.25, 0.3) is 0 Å². The number of benzene rings is 1. The molecule has 0 saturated heterocycles. The van der Waals surface area contributed by atoms with Gasteiger partial charge in [0.05, 0.1) is 6.61 Å². The van der Waals surface area contributed by atoms with Gasteiger partial charge < -0.3 is 4.74 Å². The van der Waals surface area contributed by atoms with Crippen molar-refractivity contribution in [2.75, 3.05) is 7.11 Å². The molecular weight excluding hydrogens is 188 g/mol. The molecule has 0 aliphatic carbocycles. The maximum atomic E-state index is 11.0. The summed E-state index contributed by atoms with van der Waals surface area (Å²) < 4.78 is 5.17. The maximum Gasteiger partial charge on any atom is 0.150 e. The number of methoxy groups -OCH3 is 1. The van der Waals surface area contributed by atoms with Crippen LogP contribution in [-0.4, -0.2) is 13.4 Å². The Morgan fingerprint density at radius 1 is 1.00 bits per heavy atom. The van der Waals surface area contributed by atoms with Crippen molar-refractivity contribution in [2.24, 2.45) is 0 Å². The van der Waals surface area contributed by atoms with E-state index in [9.17, 15) is 4.79 Å². The van der Waals surface area contributed by atoms with E-state index in [0.717, 1.165) is 28.5 Å². The van der Waals surface area contributed by atoms with E-state index in [2.05, 4.69) is 13.8 Å². The zero-order chi connectivity index (χ0) is 11.6. The minimum atomic E-state index is 0.569. The Hall–Kier alpha value is -1.15. The predicted octanol–water partition coefficient (Wildman–Crippen LogP) is 2.88. The van der Waals surface area contributed by atoms with Crippen molar-refractivity contribution in [1.82, 2.24) is 0 Å². The summed E-state index contributed by atoms with van der Waals surface area (Å²) in [6, 6.07) is 0. The van der Waals surface area contributed by atoms with Crippen LogP contribution in [0.3, 0.4) is 0 Å². The molecule has 0 aromatic heterocycles. The summed E-state index contributed by atoms with van der Waals surface area (Å²) in [5, 5.41) is 0. The molecule has 0 aliphatic heterocycles. The lowest BCUT2D eigenvalue weighted by Crippen LogP contribution is -2.05. The second-order valence-corrected chi connectivity index (χ2v) is 3.94. The molecule has 1 aromatic rings. The first-order chi connectivity index (χ1) is 7.04. The lowest BCUT2D eigenvalue weighted by Gasteiger charge is -2.17. The third-order valence-corrected chi connectivity index (χ3v) is 3.24. The smallest absolute Gasteiger partial charge is 0.150 e. The van der Waals surface area contributed by atoms with Crippen molar-refractivity contribution in [3.8, 4) is 0 Å². The number of carbonyl (C=O) groups excluding carboxylic acids is 1. The normalized spacial score (nSPS) is 10.5. The average molecular weight is 206 g/mol. The fourth-order valence-corrected chi connectivity index (χ4v) is 1.97. The molecule has 0 saturated carbocycles. The van der Waals surface area contributed by atoms with E-state index in [4.69, 9.17) is 4.74 Å². The average Bonchev–Trinajstić information content (AvgIpc) is 2.22. The number of rotatable bonds is 3. The number of ether oxygens (including phenoxy) is 1. The van der Waals surface area contributed by atoms with Gasteiger partial charge in [0.1, 0.15) is 0 Å². The topological polar surface area (TPSA) is 26.3 Å². The fraction of sp³-hybridized carbons (Fsp3) is 0.462. The lowest BCUT2D eigenvalue weighted by molar-refractivity contribution is 0.112. The first-order valence-corrected chi connectivity index (χ1v) is 5.07. The maximum absolute atomic E-state index is 11.0.